The van der Waals surface area contributed by atoms with Gasteiger partial charge in [0.2, 0.25) is 17.7 Å². The predicted molar refractivity (Wildman–Crippen MR) is 158 cm³/mol. The van der Waals surface area contributed by atoms with Crippen molar-refractivity contribution in [2.75, 3.05) is 32.8 Å². The molecule has 0 aliphatic carbocycles. The number of carbonyl (C=O) groups is 3. The molecule has 3 aliphatic rings. The monoisotopic (exact) mass is 621 g/mol. The Hall–Kier alpha value is -4.42. The normalized spacial score (nSPS) is 23.6. The molecule has 3 aromatic rings. The van der Waals surface area contributed by atoms with E-state index in [4.69, 9.17) is 4.74 Å². The molecule has 2 bridgehead atoms. The summed E-state index contributed by atoms with van der Waals surface area (Å²) in [6.45, 7) is 1.67. The number of likely N-dealkylation sites (tertiary alicyclic amines) is 1. The Morgan fingerprint density at radius 3 is 2.64 bits per heavy atom. The van der Waals surface area contributed by atoms with Crippen LogP contribution in [0.1, 0.15) is 53.7 Å². The van der Waals surface area contributed by atoms with Crippen LogP contribution < -0.4 is 10.1 Å². The van der Waals surface area contributed by atoms with E-state index >= 15 is 0 Å². The number of carbonyl (C=O) groups excluding carboxylic acids is 3. The largest absolute Gasteiger partial charge is 0.477 e. The fourth-order valence-corrected chi connectivity index (χ4v) is 6.44. The van der Waals surface area contributed by atoms with Crippen molar-refractivity contribution < 1.29 is 27.9 Å². The highest BCUT2D eigenvalue weighted by atomic mass is 19.3. The number of pyridine rings is 1. The number of benzene rings is 1. The minimum atomic E-state index is -2.72. The summed E-state index contributed by atoms with van der Waals surface area (Å²) >= 11 is 0. The van der Waals surface area contributed by atoms with Crippen LogP contribution >= 0.6 is 0 Å². The second kappa shape index (κ2) is 13.3. The number of hydrogen-bond acceptors (Lipinski definition) is 7. The Morgan fingerprint density at radius 2 is 1.84 bits per heavy atom. The molecule has 2 fully saturated rings. The van der Waals surface area contributed by atoms with Gasteiger partial charge < -0.3 is 19.9 Å². The molecule has 5 heterocycles. The van der Waals surface area contributed by atoms with Crippen molar-refractivity contribution in [3.63, 3.8) is 0 Å². The average Bonchev–Trinajstić information content (AvgIpc) is 3.47. The number of hydrogen-bond donors (Lipinski definition) is 1. The van der Waals surface area contributed by atoms with Crippen molar-refractivity contribution >= 4 is 17.7 Å². The standard InChI is InChI=1S/C32H37F2N7O4/c33-32(34)10-14-39(15-11-32)28(42)17-23-8-13-40-20-24(23)9-16-45-30-26(7-4-12-35-30)29(43)36-27(31(40)44)18-25-21-41(38-37-25)19-22-5-2-1-3-6-22/h1-7,12,21,23-24,27H,8-11,13-20H2,(H,36,43)/t23-,24-,27+/m0/s1. The molecule has 0 spiro atoms. The number of amides is 3. The molecule has 1 N–H and O–H groups in total. The van der Waals surface area contributed by atoms with E-state index in [1.54, 1.807) is 27.9 Å². The van der Waals surface area contributed by atoms with Crippen LogP contribution in [-0.2, 0) is 22.6 Å². The average molecular weight is 622 g/mol. The fraction of sp³-hybridized carbons (Fsp3) is 0.500. The summed E-state index contributed by atoms with van der Waals surface area (Å²) in [6, 6.07) is 12.1. The lowest BCUT2D eigenvalue weighted by molar-refractivity contribution is -0.140. The summed E-state index contributed by atoms with van der Waals surface area (Å²) in [4.78, 5) is 48.2. The Kier molecular flexibility index (Phi) is 9.04. The van der Waals surface area contributed by atoms with E-state index in [-0.39, 0.29) is 80.5 Å². The number of halogens is 2. The van der Waals surface area contributed by atoms with Crippen molar-refractivity contribution in [3.05, 3.63) is 71.7 Å². The maximum Gasteiger partial charge on any atom is 0.257 e. The second-order valence-electron chi connectivity index (χ2n) is 12.2. The van der Waals surface area contributed by atoms with Crippen molar-refractivity contribution in [1.29, 1.82) is 0 Å². The number of aromatic nitrogens is 4. The molecular weight excluding hydrogens is 584 g/mol. The predicted octanol–water partition coefficient (Wildman–Crippen LogP) is 2.96. The van der Waals surface area contributed by atoms with Crippen molar-refractivity contribution in [1.82, 2.24) is 35.1 Å². The summed E-state index contributed by atoms with van der Waals surface area (Å²) in [5.41, 5.74) is 1.83. The van der Waals surface area contributed by atoms with Crippen LogP contribution in [0.15, 0.2) is 54.9 Å². The van der Waals surface area contributed by atoms with Gasteiger partial charge in [0.25, 0.3) is 11.8 Å². The molecule has 13 heteroatoms. The van der Waals surface area contributed by atoms with E-state index in [0.717, 1.165) is 5.56 Å². The zero-order valence-electron chi connectivity index (χ0n) is 25.0. The summed E-state index contributed by atoms with van der Waals surface area (Å²) < 4.78 is 35.0. The molecule has 238 valence electrons. The SMILES string of the molecule is O=C1N[C@H](Cc2cn(Cc3ccccc3)nn2)C(=O)N2CC[C@@H](CC(=O)N3CCC(F)(F)CC3)[C@@H](CCOc3ncccc31)C2. The maximum absolute atomic E-state index is 14.0. The first-order chi connectivity index (χ1) is 21.7. The third-order valence-electron chi connectivity index (χ3n) is 9.02. The number of fused-ring (bicyclic) bond motifs is 3. The molecule has 1 aromatic carbocycles. The number of ether oxygens (including phenoxy) is 1. The molecule has 2 saturated heterocycles. The zero-order valence-corrected chi connectivity index (χ0v) is 25.0. The molecule has 3 amide bonds. The first kappa shape index (κ1) is 30.6. The van der Waals surface area contributed by atoms with Gasteiger partial charge >= 0.3 is 0 Å². The lowest BCUT2D eigenvalue weighted by Crippen LogP contribution is -2.54. The van der Waals surface area contributed by atoms with E-state index < -0.39 is 17.9 Å². The van der Waals surface area contributed by atoms with E-state index in [0.29, 0.717) is 38.2 Å². The first-order valence-corrected chi connectivity index (χ1v) is 15.5. The van der Waals surface area contributed by atoms with Crippen molar-refractivity contribution in [2.24, 2.45) is 11.8 Å². The van der Waals surface area contributed by atoms with Gasteiger partial charge in [-0.3, -0.25) is 14.4 Å². The van der Waals surface area contributed by atoms with Gasteiger partial charge in [-0.25, -0.2) is 18.4 Å². The third-order valence-corrected chi connectivity index (χ3v) is 9.02. The Morgan fingerprint density at radius 1 is 1.04 bits per heavy atom. The molecule has 11 nitrogen and oxygen atoms in total. The third kappa shape index (κ3) is 7.46. The van der Waals surface area contributed by atoms with Gasteiger partial charge in [0.15, 0.2) is 0 Å². The molecule has 0 radical (unpaired) electrons. The van der Waals surface area contributed by atoms with Crippen LogP contribution in [0.25, 0.3) is 0 Å². The maximum atomic E-state index is 14.0. The molecular formula is C32H37F2N7O4. The molecule has 6 rings (SSSR count). The van der Waals surface area contributed by atoms with E-state index in [1.807, 2.05) is 30.3 Å². The highest BCUT2D eigenvalue weighted by Gasteiger charge is 2.39. The lowest BCUT2D eigenvalue weighted by atomic mass is 9.80. The highest BCUT2D eigenvalue weighted by Crippen LogP contribution is 2.33. The van der Waals surface area contributed by atoms with Gasteiger partial charge in [0.05, 0.1) is 18.8 Å². The molecule has 2 aromatic heterocycles. The molecule has 3 aliphatic heterocycles. The Bertz CT molecular complexity index is 1510. The van der Waals surface area contributed by atoms with Crippen LogP contribution in [0.5, 0.6) is 5.88 Å². The number of piperidine rings is 2. The first-order valence-electron chi connectivity index (χ1n) is 15.5. The van der Waals surface area contributed by atoms with Gasteiger partial charge in [-0.15, -0.1) is 5.10 Å². The van der Waals surface area contributed by atoms with Crippen LogP contribution in [0.3, 0.4) is 0 Å². The van der Waals surface area contributed by atoms with Crippen LogP contribution in [0.2, 0.25) is 0 Å². The smallest absolute Gasteiger partial charge is 0.257 e. The van der Waals surface area contributed by atoms with Crippen LogP contribution in [0, 0.1) is 11.8 Å². The molecule has 0 unspecified atom stereocenters. The zero-order chi connectivity index (χ0) is 31.4. The van der Waals surface area contributed by atoms with Gasteiger partial charge in [-0.05, 0) is 42.4 Å². The Balaban J connectivity index is 1.20. The number of alkyl halides is 2. The minimum absolute atomic E-state index is 0.0374. The number of nitrogens with zero attached hydrogens (tertiary/aromatic N) is 6. The Labute approximate surface area is 259 Å². The van der Waals surface area contributed by atoms with Crippen molar-refractivity contribution in [3.8, 4) is 5.88 Å². The van der Waals surface area contributed by atoms with E-state index in [9.17, 15) is 23.2 Å². The van der Waals surface area contributed by atoms with E-state index in [2.05, 4.69) is 20.6 Å². The minimum Gasteiger partial charge on any atom is -0.477 e. The van der Waals surface area contributed by atoms with Gasteiger partial charge in [-0.1, -0.05) is 35.5 Å². The quantitative estimate of drug-likeness (QED) is 0.449. The second-order valence-corrected chi connectivity index (χ2v) is 12.2. The summed E-state index contributed by atoms with van der Waals surface area (Å²) in [5.74, 6) is -3.49. The molecule has 3 atom stereocenters. The summed E-state index contributed by atoms with van der Waals surface area (Å²) in [7, 11) is 0. The van der Waals surface area contributed by atoms with Gasteiger partial charge in [-0.2, -0.15) is 0 Å². The molecule has 0 saturated carbocycles. The highest BCUT2D eigenvalue weighted by molar-refractivity contribution is 5.99. The summed E-state index contributed by atoms with van der Waals surface area (Å²) in [5, 5.41) is 11.4. The van der Waals surface area contributed by atoms with E-state index in [1.165, 1.54) is 11.1 Å². The van der Waals surface area contributed by atoms with Gasteiger partial charge in [0.1, 0.15) is 11.6 Å². The lowest BCUT2D eigenvalue weighted by Gasteiger charge is -2.41. The number of nitrogens with one attached hydrogen (secondary N) is 1. The fourth-order valence-electron chi connectivity index (χ4n) is 6.44. The van der Waals surface area contributed by atoms with Crippen LogP contribution in [-0.4, -0.2) is 92.2 Å². The topological polar surface area (TPSA) is 123 Å². The van der Waals surface area contributed by atoms with Crippen LogP contribution in [0.4, 0.5) is 8.78 Å². The number of rotatable bonds is 6. The molecule has 45 heavy (non-hydrogen) atoms. The summed E-state index contributed by atoms with van der Waals surface area (Å²) in [6.07, 6.45) is 4.17. The van der Waals surface area contributed by atoms with Gasteiger partial charge in [0, 0.05) is 64.3 Å². The van der Waals surface area contributed by atoms with Crippen molar-refractivity contribution in [2.45, 2.75) is 57.0 Å².